The number of hydrogen-bond donors (Lipinski definition) is 0. The van der Waals surface area contributed by atoms with Crippen molar-refractivity contribution in [3.8, 4) is 5.75 Å². The number of ether oxygens (including phenoxy) is 1. The summed E-state index contributed by atoms with van der Waals surface area (Å²) in [7, 11) is 0. The number of benzene rings is 1. The summed E-state index contributed by atoms with van der Waals surface area (Å²) in [5.74, 6) is 0.361. The first-order chi connectivity index (χ1) is 17.6. The Bertz CT molecular complexity index is 949. The van der Waals surface area contributed by atoms with Crippen LogP contribution in [-0.4, -0.2) is 5.97 Å². The number of carbonyl (C=O) groups is 1. The molecule has 0 aliphatic rings. The van der Waals surface area contributed by atoms with E-state index in [1.807, 2.05) is 26.0 Å². The molecular formula is C35H54O2. The van der Waals surface area contributed by atoms with Gasteiger partial charge in [-0.15, -0.1) is 0 Å². The zero-order valence-electron chi connectivity index (χ0n) is 25.4. The van der Waals surface area contributed by atoms with Crippen molar-refractivity contribution >= 4 is 11.5 Å². The third-order valence-corrected chi connectivity index (χ3v) is 6.10. The summed E-state index contributed by atoms with van der Waals surface area (Å²) in [5.41, 5.74) is 9.00. The Kier molecular flexibility index (Phi) is 19.0. The molecule has 1 rings (SSSR count). The normalized spacial score (nSPS) is 12.0. The molecule has 1 aromatic rings. The van der Waals surface area contributed by atoms with Crippen LogP contribution in [0.4, 0.5) is 0 Å². The summed E-state index contributed by atoms with van der Waals surface area (Å²) in [6, 6.07) is 6.03. The van der Waals surface area contributed by atoms with Crippen LogP contribution in [-0.2, 0) is 11.2 Å². The molecule has 0 spiro atoms. The van der Waals surface area contributed by atoms with Gasteiger partial charge in [-0.05, 0) is 115 Å². The van der Waals surface area contributed by atoms with Gasteiger partial charge in [0.05, 0.1) is 0 Å². The van der Waals surface area contributed by atoms with Gasteiger partial charge >= 0.3 is 5.97 Å². The van der Waals surface area contributed by atoms with Gasteiger partial charge in [0, 0.05) is 6.92 Å². The molecule has 0 amide bonds. The molecule has 0 radical (unpaired) electrons. The summed E-state index contributed by atoms with van der Waals surface area (Å²) in [6.45, 7) is 22.8. The molecule has 0 saturated heterocycles. The first-order valence-corrected chi connectivity index (χ1v) is 14.2. The molecule has 0 aromatic heterocycles. The van der Waals surface area contributed by atoms with Crippen molar-refractivity contribution in [2.24, 2.45) is 0 Å². The Hall–Kier alpha value is -2.61. The van der Waals surface area contributed by atoms with Gasteiger partial charge in [0.2, 0.25) is 0 Å². The summed E-state index contributed by atoms with van der Waals surface area (Å²) >= 11 is 0. The Labute approximate surface area is 229 Å². The molecule has 0 aliphatic heterocycles. The molecule has 1 aromatic carbocycles. The number of allylic oxidation sites excluding steroid dienone is 9. The van der Waals surface area contributed by atoms with Gasteiger partial charge in [0.25, 0.3) is 0 Å². The maximum Gasteiger partial charge on any atom is 0.308 e. The van der Waals surface area contributed by atoms with Crippen molar-refractivity contribution in [3.05, 3.63) is 82.5 Å². The Morgan fingerprint density at radius 3 is 1.78 bits per heavy atom. The van der Waals surface area contributed by atoms with Crippen LogP contribution in [0, 0.1) is 0 Å². The molecule has 0 N–H and O–H groups in total. The molecule has 0 fully saturated rings. The van der Waals surface area contributed by atoms with Crippen LogP contribution in [0.15, 0.2) is 71.4 Å². The highest BCUT2D eigenvalue weighted by atomic mass is 16.5. The molecule has 0 saturated carbocycles. The first-order valence-electron chi connectivity index (χ1n) is 14.2. The lowest BCUT2D eigenvalue weighted by Crippen LogP contribution is -2.04. The SMILES string of the molecule is C=C(CCC)c1ccc(OC(C)=O)c(C/C=C(\C)CC/C=C(\C)CC/C=C(\C)CCC=C(C)C)c1.CC. The lowest BCUT2D eigenvalue weighted by molar-refractivity contribution is -0.131. The van der Waals surface area contributed by atoms with Crippen molar-refractivity contribution in [1.29, 1.82) is 0 Å². The fourth-order valence-corrected chi connectivity index (χ4v) is 3.93. The first kappa shape index (κ1) is 34.4. The number of carbonyl (C=O) groups excluding carboxylic acids is 1. The zero-order chi connectivity index (χ0) is 28.2. The summed E-state index contributed by atoms with van der Waals surface area (Å²) in [5, 5.41) is 0. The minimum atomic E-state index is -0.286. The Morgan fingerprint density at radius 1 is 0.784 bits per heavy atom. The highest BCUT2D eigenvalue weighted by Crippen LogP contribution is 2.27. The number of hydrogen-bond acceptors (Lipinski definition) is 2. The average molecular weight is 507 g/mol. The Balaban J connectivity index is 0.00000631. The largest absolute Gasteiger partial charge is 0.426 e. The van der Waals surface area contributed by atoms with Gasteiger partial charge in [-0.2, -0.15) is 0 Å². The smallest absolute Gasteiger partial charge is 0.308 e. The quantitative estimate of drug-likeness (QED) is 0.134. The van der Waals surface area contributed by atoms with Crippen LogP contribution in [0.3, 0.4) is 0 Å². The second-order valence-electron chi connectivity index (χ2n) is 10.0. The maximum atomic E-state index is 11.5. The summed E-state index contributed by atoms with van der Waals surface area (Å²) in [6.07, 6.45) is 18.8. The van der Waals surface area contributed by atoms with E-state index in [-0.39, 0.29) is 5.97 Å². The molecule has 0 heterocycles. The monoisotopic (exact) mass is 506 g/mol. The third-order valence-electron chi connectivity index (χ3n) is 6.10. The molecule has 0 bridgehead atoms. The van der Waals surface area contributed by atoms with Crippen molar-refractivity contribution < 1.29 is 9.53 Å². The van der Waals surface area contributed by atoms with Crippen LogP contribution in [0.2, 0.25) is 0 Å². The van der Waals surface area contributed by atoms with Gasteiger partial charge in [-0.3, -0.25) is 4.79 Å². The van der Waals surface area contributed by atoms with Crippen LogP contribution >= 0.6 is 0 Å². The van der Waals surface area contributed by atoms with E-state index < -0.39 is 0 Å². The van der Waals surface area contributed by atoms with Crippen molar-refractivity contribution in [3.63, 3.8) is 0 Å². The lowest BCUT2D eigenvalue weighted by Gasteiger charge is -2.12. The molecule has 2 nitrogen and oxygen atoms in total. The lowest BCUT2D eigenvalue weighted by atomic mass is 9.98. The highest BCUT2D eigenvalue weighted by molar-refractivity contribution is 5.71. The fourth-order valence-electron chi connectivity index (χ4n) is 3.93. The highest BCUT2D eigenvalue weighted by Gasteiger charge is 2.09. The van der Waals surface area contributed by atoms with E-state index in [0.29, 0.717) is 5.75 Å². The molecule has 37 heavy (non-hydrogen) atoms. The van der Waals surface area contributed by atoms with E-state index in [0.717, 1.165) is 74.5 Å². The van der Waals surface area contributed by atoms with Crippen molar-refractivity contribution in [2.75, 3.05) is 0 Å². The predicted octanol–water partition coefficient (Wildman–Crippen LogP) is 11.1. The second kappa shape index (κ2) is 20.4. The fraction of sp³-hybridized carbons (Fsp3) is 0.514. The van der Waals surface area contributed by atoms with Gasteiger partial charge in [0.15, 0.2) is 0 Å². The standard InChI is InChI=1S/C33H48O2.C2H6/c1-9-13-29(7)31-22-23-33(35-30(8)34)32(24-31)21-20-28(6)19-12-18-27(5)17-11-16-26(4)15-10-14-25(2)3;1-2/h14,16,18,20,22-24H,7,9-13,15,17,19,21H2,1-6,8H3;1-2H3/b26-16+,27-18+,28-20+;. The second-order valence-corrected chi connectivity index (χ2v) is 10.0. The summed E-state index contributed by atoms with van der Waals surface area (Å²) in [4.78, 5) is 11.5. The van der Waals surface area contributed by atoms with Crippen LogP contribution < -0.4 is 4.74 Å². The van der Waals surface area contributed by atoms with Gasteiger partial charge in [-0.25, -0.2) is 0 Å². The van der Waals surface area contributed by atoms with E-state index in [1.54, 1.807) is 0 Å². The van der Waals surface area contributed by atoms with E-state index in [4.69, 9.17) is 4.74 Å². The molecule has 206 valence electrons. The van der Waals surface area contributed by atoms with Gasteiger partial charge in [0.1, 0.15) is 5.75 Å². The average Bonchev–Trinajstić information content (AvgIpc) is 2.84. The number of rotatable bonds is 15. The molecular weight excluding hydrogens is 452 g/mol. The van der Waals surface area contributed by atoms with Crippen molar-refractivity contribution in [1.82, 2.24) is 0 Å². The van der Waals surface area contributed by atoms with Crippen LogP contribution in [0.1, 0.15) is 125 Å². The van der Waals surface area contributed by atoms with E-state index in [2.05, 4.69) is 78.5 Å². The van der Waals surface area contributed by atoms with Gasteiger partial charge < -0.3 is 4.74 Å². The molecule has 0 unspecified atom stereocenters. The molecule has 0 aliphatic carbocycles. The number of esters is 1. The van der Waals surface area contributed by atoms with E-state index in [1.165, 1.54) is 29.2 Å². The minimum Gasteiger partial charge on any atom is -0.426 e. The van der Waals surface area contributed by atoms with Crippen LogP contribution in [0.25, 0.3) is 5.57 Å². The minimum absolute atomic E-state index is 0.286. The molecule has 2 heteroatoms. The predicted molar refractivity (Wildman–Crippen MR) is 165 cm³/mol. The third kappa shape index (κ3) is 16.7. The topological polar surface area (TPSA) is 26.3 Å². The van der Waals surface area contributed by atoms with E-state index in [9.17, 15) is 4.79 Å². The molecule has 0 atom stereocenters. The van der Waals surface area contributed by atoms with E-state index >= 15 is 0 Å². The Morgan fingerprint density at radius 2 is 1.30 bits per heavy atom. The zero-order valence-corrected chi connectivity index (χ0v) is 25.4. The van der Waals surface area contributed by atoms with Crippen molar-refractivity contribution in [2.45, 2.75) is 120 Å². The summed E-state index contributed by atoms with van der Waals surface area (Å²) < 4.78 is 5.46. The van der Waals surface area contributed by atoms with Crippen LogP contribution in [0.5, 0.6) is 5.75 Å². The van der Waals surface area contributed by atoms with Gasteiger partial charge in [-0.1, -0.05) is 86.4 Å². The maximum absolute atomic E-state index is 11.5.